The van der Waals surface area contributed by atoms with Gasteiger partial charge in [-0.05, 0) is 30.3 Å². The first-order chi connectivity index (χ1) is 17.1. The molecule has 3 aromatic heterocycles. The fourth-order valence-electron chi connectivity index (χ4n) is 4.18. The maximum absolute atomic E-state index is 13.3. The molecule has 5 rings (SSSR count). The number of ether oxygens (including phenoxy) is 1. The van der Waals surface area contributed by atoms with E-state index in [4.69, 9.17) is 9.26 Å². The number of piperazine rings is 1. The molecule has 180 valence electrons. The first kappa shape index (κ1) is 22.6. The molecule has 0 bridgehead atoms. The molecule has 4 aromatic rings. The Morgan fingerprint density at radius 3 is 2.60 bits per heavy atom. The number of aryl methyl sites for hydroxylation is 2. The summed E-state index contributed by atoms with van der Waals surface area (Å²) in [5, 5.41) is 8.56. The molecule has 1 saturated heterocycles. The maximum atomic E-state index is 13.3. The average molecular weight is 474 g/mol. The maximum Gasteiger partial charge on any atom is 0.272 e. The molecule has 10 nitrogen and oxygen atoms in total. The molecule has 1 amide bonds. The molecule has 0 N–H and O–H groups in total. The third-order valence-electron chi connectivity index (χ3n) is 6.15. The van der Waals surface area contributed by atoms with E-state index in [0.29, 0.717) is 55.7 Å². The van der Waals surface area contributed by atoms with Gasteiger partial charge in [-0.15, -0.1) is 0 Å². The van der Waals surface area contributed by atoms with Gasteiger partial charge in [0, 0.05) is 57.0 Å². The first-order valence-electron chi connectivity index (χ1n) is 11.6. The third kappa shape index (κ3) is 4.46. The molecule has 1 fully saturated rings. The molecule has 35 heavy (non-hydrogen) atoms. The van der Waals surface area contributed by atoms with Crippen molar-refractivity contribution in [1.82, 2.24) is 29.8 Å². The van der Waals surface area contributed by atoms with Gasteiger partial charge in [-0.3, -0.25) is 9.48 Å². The number of para-hydroxylation sites is 1. The highest BCUT2D eigenvalue weighted by atomic mass is 16.5. The summed E-state index contributed by atoms with van der Waals surface area (Å²) in [5.74, 6) is 2.70. The number of methoxy groups -OCH3 is 1. The topological polar surface area (TPSA) is 102 Å². The van der Waals surface area contributed by atoms with E-state index in [1.807, 2.05) is 54.3 Å². The van der Waals surface area contributed by atoms with Crippen LogP contribution in [-0.4, -0.2) is 69.0 Å². The second-order valence-electron chi connectivity index (χ2n) is 8.29. The number of nitrogens with zero attached hydrogens (tertiary/aromatic N) is 7. The van der Waals surface area contributed by atoms with Crippen LogP contribution in [0.4, 0.5) is 5.82 Å². The second-order valence-corrected chi connectivity index (χ2v) is 8.29. The summed E-state index contributed by atoms with van der Waals surface area (Å²) in [7, 11) is 3.42. The number of carbonyl (C=O) groups is 1. The lowest BCUT2D eigenvalue weighted by Gasteiger charge is -2.35. The van der Waals surface area contributed by atoms with Gasteiger partial charge in [0.05, 0.1) is 12.8 Å². The summed E-state index contributed by atoms with van der Waals surface area (Å²) < 4.78 is 12.3. The number of aromatic nitrogens is 5. The van der Waals surface area contributed by atoms with E-state index in [1.54, 1.807) is 25.0 Å². The van der Waals surface area contributed by atoms with Crippen LogP contribution in [0.2, 0.25) is 0 Å². The summed E-state index contributed by atoms with van der Waals surface area (Å²) >= 11 is 0. The molecule has 0 saturated carbocycles. The minimum absolute atomic E-state index is 0.0343. The van der Waals surface area contributed by atoms with E-state index in [1.165, 1.54) is 0 Å². The standard InChI is InChI=1S/C25H27N7O3/c1-4-23-27-24(29-35-23)17-9-10-22(26-16-17)31-11-13-32(14-12-31)25(33)20-15-19(28-30(20)2)18-7-5-6-8-21(18)34-3/h5-10,15-16H,4,11-14H2,1-3H3. The van der Waals surface area contributed by atoms with Crippen molar-refractivity contribution in [3.05, 3.63) is 60.2 Å². The molecule has 1 aromatic carbocycles. The Balaban J connectivity index is 1.24. The van der Waals surface area contributed by atoms with E-state index >= 15 is 0 Å². The van der Waals surface area contributed by atoms with Crippen molar-refractivity contribution < 1.29 is 14.1 Å². The molecular formula is C25H27N7O3. The molecule has 0 aliphatic carbocycles. The van der Waals surface area contributed by atoms with Crippen molar-refractivity contribution in [1.29, 1.82) is 0 Å². The quantitative estimate of drug-likeness (QED) is 0.421. The van der Waals surface area contributed by atoms with E-state index < -0.39 is 0 Å². The van der Waals surface area contributed by atoms with E-state index in [-0.39, 0.29) is 5.91 Å². The molecule has 1 aliphatic rings. The fraction of sp³-hybridized carbons (Fsp3) is 0.320. The SMILES string of the molecule is CCc1nc(-c2ccc(N3CCN(C(=O)c4cc(-c5ccccc5OC)nn4C)CC3)nc2)no1. The van der Waals surface area contributed by atoms with Crippen molar-refractivity contribution in [2.24, 2.45) is 7.05 Å². The molecular weight excluding hydrogens is 446 g/mol. The van der Waals surface area contributed by atoms with E-state index in [2.05, 4.69) is 25.1 Å². The minimum Gasteiger partial charge on any atom is -0.496 e. The van der Waals surface area contributed by atoms with Gasteiger partial charge < -0.3 is 19.1 Å². The molecule has 0 spiro atoms. The normalized spacial score (nSPS) is 13.8. The molecule has 1 aliphatic heterocycles. The number of rotatable bonds is 6. The van der Waals surface area contributed by atoms with Crippen LogP contribution in [0.25, 0.3) is 22.6 Å². The smallest absolute Gasteiger partial charge is 0.272 e. The van der Waals surface area contributed by atoms with Crippen LogP contribution in [0.1, 0.15) is 23.3 Å². The average Bonchev–Trinajstić information content (AvgIpc) is 3.55. The zero-order valence-corrected chi connectivity index (χ0v) is 20.0. The van der Waals surface area contributed by atoms with Crippen LogP contribution in [-0.2, 0) is 13.5 Å². The Bertz CT molecular complexity index is 1320. The van der Waals surface area contributed by atoms with Crippen molar-refractivity contribution in [2.45, 2.75) is 13.3 Å². The number of pyridine rings is 1. The zero-order chi connectivity index (χ0) is 24.4. The van der Waals surface area contributed by atoms with Crippen LogP contribution in [0.5, 0.6) is 5.75 Å². The van der Waals surface area contributed by atoms with Gasteiger partial charge in [0.15, 0.2) is 0 Å². The van der Waals surface area contributed by atoms with Crippen molar-refractivity contribution in [3.63, 3.8) is 0 Å². The first-order valence-corrected chi connectivity index (χ1v) is 11.6. The molecule has 0 atom stereocenters. The molecule has 4 heterocycles. The Labute approximate surface area is 203 Å². The number of amides is 1. The number of hydrogen-bond acceptors (Lipinski definition) is 8. The number of benzene rings is 1. The molecule has 0 unspecified atom stereocenters. The Kier molecular flexibility index (Phi) is 6.17. The lowest BCUT2D eigenvalue weighted by molar-refractivity contribution is 0.0735. The highest BCUT2D eigenvalue weighted by Crippen LogP contribution is 2.29. The lowest BCUT2D eigenvalue weighted by atomic mass is 10.1. The van der Waals surface area contributed by atoms with Gasteiger partial charge in [-0.25, -0.2) is 4.98 Å². The predicted octanol–water partition coefficient (Wildman–Crippen LogP) is 3.07. The second kappa shape index (κ2) is 9.57. The number of hydrogen-bond donors (Lipinski definition) is 0. The zero-order valence-electron chi connectivity index (χ0n) is 20.0. The molecule has 0 radical (unpaired) electrons. The summed E-state index contributed by atoms with van der Waals surface area (Å²) in [6.07, 6.45) is 2.45. The van der Waals surface area contributed by atoms with Gasteiger partial charge in [-0.1, -0.05) is 24.2 Å². The summed E-state index contributed by atoms with van der Waals surface area (Å²) in [4.78, 5) is 26.2. The van der Waals surface area contributed by atoms with Crippen LogP contribution >= 0.6 is 0 Å². The van der Waals surface area contributed by atoms with Gasteiger partial charge in [0.1, 0.15) is 17.3 Å². The fourth-order valence-corrected chi connectivity index (χ4v) is 4.18. The number of anilines is 1. The van der Waals surface area contributed by atoms with Crippen molar-refractivity contribution in [3.8, 4) is 28.4 Å². The Morgan fingerprint density at radius 1 is 1.11 bits per heavy atom. The molecule has 10 heteroatoms. The van der Waals surface area contributed by atoms with Crippen LogP contribution in [0.3, 0.4) is 0 Å². The van der Waals surface area contributed by atoms with Gasteiger partial charge >= 0.3 is 0 Å². The van der Waals surface area contributed by atoms with Crippen LogP contribution in [0, 0.1) is 0 Å². The highest BCUT2D eigenvalue weighted by Gasteiger charge is 2.26. The van der Waals surface area contributed by atoms with Crippen LogP contribution < -0.4 is 9.64 Å². The van der Waals surface area contributed by atoms with Crippen molar-refractivity contribution >= 4 is 11.7 Å². The number of carbonyl (C=O) groups excluding carboxylic acids is 1. The summed E-state index contributed by atoms with van der Waals surface area (Å²) in [6, 6.07) is 13.4. The van der Waals surface area contributed by atoms with Gasteiger partial charge in [0.2, 0.25) is 11.7 Å². The monoisotopic (exact) mass is 473 g/mol. The van der Waals surface area contributed by atoms with Crippen molar-refractivity contribution in [2.75, 3.05) is 38.2 Å². The van der Waals surface area contributed by atoms with Crippen LogP contribution in [0.15, 0.2) is 53.2 Å². The Morgan fingerprint density at radius 2 is 1.91 bits per heavy atom. The van der Waals surface area contributed by atoms with E-state index in [0.717, 1.165) is 22.7 Å². The largest absolute Gasteiger partial charge is 0.496 e. The van der Waals surface area contributed by atoms with Gasteiger partial charge in [-0.2, -0.15) is 10.1 Å². The Hall–Kier alpha value is -4.21. The summed E-state index contributed by atoms with van der Waals surface area (Å²) in [6.45, 7) is 4.55. The highest BCUT2D eigenvalue weighted by molar-refractivity contribution is 5.94. The lowest BCUT2D eigenvalue weighted by Crippen LogP contribution is -2.49. The summed E-state index contributed by atoms with van der Waals surface area (Å²) in [5.41, 5.74) is 2.93. The third-order valence-corrected chi connectivity index (χ3v) is 6.15. The minimum atomic E-state index is -0.0343. The van der Waals surface area contributed by atoms with E-state index in [9.17, 15) is 4.79 Å². The van der Waals surface area contributed by atoms with Gasteiger partial charge in [0.25, 0.3) is 5.91 Å². The predicted molar refractivity (Wildman–Crippen MR) is 130 cm³/mol.